The van der Waals surface area contributed by atoms with Gasteiger partial charge < -0.3 is 14.4 Å². The lowest BCUT2D eigenvalue weighted by atomic mass is 10.0. The predicted octanol–water partition coefficient (Wildman–Crippen LogP) is 3.96. The molecule has 0 aliphatic rings. The summed E-state index contributed by atoms with van der Waals surface area (Å²) in [5.74, 6) is 1.14. The minimum Gasteiger partial charge on any atom is -0.497 e. The molecule has 0 N–H and O–H groups in total. The van der Waals surface area contributed by atoms with Crippen molar-refractivity contribution in [3.8, 4) is 11.5 Å². The quantitative estimate of drug-likeness (QED) is 0.547. The number of likely N-dealkylation sites (N-methyl/N-ethyl adjacent to an activating group) is 1. The zero-order chi connectivity index (χ0) is 20.6. The SMILES string of the molecule is COc1ccc(CN(C)C(=O)COc2ccc(C(=O)c3ccccc3)cc2)cc1. The molecule has 0 aliphatic heterocycles. The molecule has 29 heavy (non-hydrogen) atoms. The average Bonchev–Trinajstić information content (AvgIpc) is 2.78. The maximum Gasteiger partial charge on any atom is 0.260 e. The highest BCUT2D eigenvalue weighted by molar-refractivity contribution is 6.08. The van der Waals surface area contributed by atoms with Crippen LogP contribution in [0.15, 0.2) is 78.9 Å². The van der Waals surface area contributed by atoms with Crippen molar-refractivity contribution >= 4 is 11.7 Å². The number of nitrogens with zero attached hydrogens (tertiary/aromatic N) is 1. The van der Waals surface area contributed by atoms with Gasteiger partial charge in [0.2, 0.25) is 0 Å². The fourth-order valence-corrected chi connectivity index (χ4v) is 2.81. The minimum atomic E-state index is -0.134. The molecule has 0 saturated carbocycles. The van der Waals surface area contributed by atoms with Crippen LogP contribution in [-0.4, -0.2) is 37.4 Å². The maximum absolute atomic E-state index is 12.4. The second kappa shape index (κ2) is 9.55. The molecule has 0 saturated heterocycles. The molecule has 0 radical (unpaired) electrons. The van der Waals surface area contributed by atoms with Crippen molar-refractivity contribution in [2.24, 2.45) is 0 Å². The summed E-state index contributed by atoms with van der Waals surface area (Å²) in [6.07, 6.45) is 0. The Morgan fingerprint density at radius 2 is 1.38 bits per heavy atom. The van der Waals surface area contributed by atoms with Crippen molar-refractivity contribution in [1.82, 2.24) is 4.90 Å². The molecule has 3 rings (SSSR count). The number of hydrogen-bond donors (Lipinski definition) is 0. The van der Waals surface area contributed by atoms with E-state index in [4.69, 9.17) is 9.47 Å². The standard InChI is InChI=1S/C24H23NO4/c1-25(16-18-8-12-21(28-2)13-9-18)23(26)17-29-22-14-10-20(11-15-22)24(27)19-6-4-3-5-7-19/h3-15H,16-17H2,1-2H3. The molecule has 0 aromatic heterocycles. The topological polar surface area (TPSA) is 55.8 Å². The Hall–Kier alpha value is -3.60. The van der Waals surface area contributed by atoms with Gasteiger partial charge in [-0.2, -0.15) is 0 Å². The first-order valence-corrected chi connectivity index (χ1v) is 9.26. The number of ketones is 1. The summed E-state index contributed by atoms with van der Waals surface area (Å²) < 4.78 is 10.7. The van der Waals surface area contributed by atoms with E-state index in [0.29, 0.717) is 23.4 Å². The predicted molar refractivity (Wildman–Crippen MR) is 111 cm³/mol. The molecule has 1 amide bonds. The van der Waals surface area contributed by atoms with Gasteiger partial charge in [-0.05, 0) is 42.0 Å². The van der Waals surface area contributed by atoms with Gasteiger partial charge in [0.1, 0.15) is 11.5 Å². The highest BCUT2D eigenvalue weighted by Gasteiger charge is 2.12. The lowest BCUT2D eigenvalue weighted by molar-refractivity contribution is -0.132. The minimum absolute atomic E-state index is 0.0487. The third-order valence-electron chi connectivity index (χ3n) is 4.52. The Morgan fingerprint density at radius 3 is 2.00 bits per heavy atom. The molecular formula is C24H23NO4. The summed E-state index contributed by atoms with van der Waals surface area (Å²) in [5.41, 5.74) is 2.22. The van der Waals surface area contributed by atoms with Crippen LogP contribution in [0.1, 0.15) is 21.5 Å². The van der Waals surface area contributed by atoms with Gasteiger partial charge in [0.25, 0.3) is 5.91 Å². The average molecular weight is 389 g/mol. The van der Waals surface area contributed by atoms with Crippen LogP contribution in [-0.2, 0) is 11.3 Å². The van der Waals surface area contributed by atoms with E-state index in [1.165, 1.54) is 0 Å². The second-order valence-electron chi connectivity index (χ2n) is 6.61. The number of amides is 1. The van der Waals surface area contributed by atoms with Crippen LogP contribution in [0, 0.1) is 0 Å². The molecule has 0 atom stereocenters. The van der Waals surface area contributed by atoms with Crippen LogP contribution in [0.4, 0.5) is 0 Å². The summed E-state index contributed by atoms with van der Waals surface area (Å²) in [6.45, 7) is 0.412. The van der Waals surface area contributed by atoms with Gasteiger partial charge in [-0.1, -0.05) is 42.5 Å². The number of methoxy groups -OCH3 is 1. The third kappa shape index (κ3) is 5.45. The van der Waals surface area contributed by atoms with Crippen molar-refractivity contribution in [1.29, 1.82) is 0 Å². The summed E-state index contributed by atoms with van der Waals surface area (Å²) in [7, 11) is 3.35. The fraction of sp³-hybridized carbons (Fsp3) is 0.167. The van der Waals surface area contributed by atoms with Gasteiger partial charge in [-0.3, -0.25) is 9.59 Å². The first kappa shape index (κ1) is 20.1. The summed E-state index contributed by atoms with van der Waals surface area (Å²) in [5, 5.41) is 0. The second-order valence-corrected chi connectivity index (χ2v) is 6.61. The molecule has 0 spiro atoms. The smallest absolute Gasteiger partial charge is 0.260 e. The van der Waals surface area contributed by atoms with Crippen LogP contribution < -0.4 is 9.47 Å². The van der Waals surface area contributed by atoms with E-state index >= 15 is 0 Å². The third-order valence-corrected chi connectivity index (χ3v) is 4.52. The molecule has 0 heterocycles. The molecule has 148 valence electrons. The van der Waals surface area contributed by atoms with Gasteiger partial charge in [0, 0.05) is 24.7 Å². The first-order valence-electron chi connectivity index (χ1n) is 9.26. The van der Waals surface area contributed by atoms with Gasteiger partial charge >= 0.3 is 0 Å². The fourth-order valence-electron chi connectivity index (χ4n) is 2.81. The van der Waals surface area contributed by atoms with Crippen molar-refractivity contribution in [2.45, 2.75) is 6.54 Å². The lowest BCUT2D eigenvalue weighted by Gasteiger charge is -2.18. The summed E-state index contributed by atoms with van der Waals surface area (Å²) in [6, 6.07) is 23.5. The number of benzene rings is 3. The molecule has 0 unspecified atom stereocenters. The van der Waals surface area contributed by atoms with E-state index in [1.54, 1.807) is 55.5 Å². The van der Waals surface area contributed by atoms with E-state index in [2.05, 4.69) is 0 Å². The Labute approximate surface area is 170 Å². The van der Waals surface area contributed by atoms with E-state index in [9.17, 15) is 9.59 Å². The van der Waals surface area contributed by atoms with Gasteiger partial charge in [-0.15, -0.1) is 0 Å². The molecule has 0 aliphatic carbocycles. The molecule has 3 aromatic carbocycles. The Morgan fingerprint density at radius 1 is 0.793 bits per heavy atom. The first-order chi connectivity index (χ1) is 14.1. The maximum atomic E-state index is 12.4. The Bertz CT molecular complexity index is 950. The van der Waals surface area contributed by atoms with E-state index < -0.39 is 0 Å². The Kier molecular flexibility index (Phi) is 6.63. The number of rotatable bonds is 8. The number of carbonyl (C=O) groups is 2. The molecule has 0 bridgehead atoms. The number of carbonyl (C=O) groups excluding carboxylic acids is 2. The van der Waals surface area contributed by atoms with Crippen LogP contribution >= 0.6 is 0 Å². The number of ether oxygens (including phenoxy) is 2. The van der Waals surface area contributed by atoms with Crippen LogP contribution in [0.3, 0.4) is 0 Å². The van der Waals surface area contributed by atoms with Crippen LogP contribution in [0.25, 0.3) is 0 Å². The monoisotopic (exact) mass is 389 g/mol. The summed E-state index contributed by atoms with van der Waals surface area (Å²) >= 11 is 0. The van der Waals surface area contributed by atoms with Gasteiger partial charge in [-0.25, -0.2) is 0 Å². The van der Waals surface area contributed by atoms with Crippen LogP contribution in [0.5, 0.6) is 11.5 Å². The van der Waals surface area contributed by atoms with Crippen LogP contribution in [0.2, 0.25) is 0 Å². The molecule has 0 fully saturated rings. The van der Waals surface area contributed by atoms with E-state index in [0.717, 1.165) is 11.3 Å². The van der Waals surface area contributed by atoms with Crippen molar-refractivity contribution in [3.05, 3.63) is 95.6 Å². The summed E-state index contributed by atoms with van der Waals surface area (Å²) in [4.78, 5) is 26.3. The van der Waals surface area contributed by atoms with Crippen molar-refractivity contribution in [2.75, 3.05) is 20.8 Å². The highest BCUT2D eigenvalue weighted by Crippen LogP contribution is 2.16. The van der Waals surface area contributed by atoms with E-state index in [1.807, 2.05) is 42.5 Å². The van der Waals surface area contributed by atoms with Crippen molar-refractivity contribution in [3.63, 3.8) is 0 Å². The molecule has 5 heteroatoms. The normalized spacial score (nSPS) is 10.3. The zero-order valence-electron chi connectivity index (χ0n) is 16.5. The molecular weight excluding hydrogens is 366 g/mol. The Balaban J connectivity index is 1.52. The number of hydrogen-bond acceptors (Lipinski definition) is 4. The lowest BCUT2D eigenvalue weighted by Crippen LogP contribution is -2.30. The molecule has 5 nitrogen and oxygen atoms in total. The zero-order valence-corrected chi connectivity index (χ0v) is 16.5. The van der Waals surface area contributed by atoms with Gasteiger partial charge in [0.05, 0.1) is 7.11 Å². The van der Waals surface area contributed by atoms with Crippen molar-refractivity contribution < 1.29 is 19.1 Å². The largest absolute Gasteiger partial charge is 0.497 e. The highest BCUT2D eigenvalue weighted by atomic mass is 16.5. The van der Waals surface area contributed by atoms with E-state index in [-0.39, 0.29) is 18.3 Å². The van der Waals surface area contributed by atoms with Gasteiger partial charge in [0.15, 0.2) is 12.4 Å². The molecule has 3 aromatic rings.